The zero-order valence-electron chi connectivity index (χ0n) is 10.7. The molecule has 94 valence electrons. The number of methoxy groups -OCH3 is 1. The molecule has 0 bridgehead atoms. The van der Waals surface area contributed by atoms with Crippen molar-refractivity contribution in [3.8, 4) is 0 Å². The molecule has 1 heterocycles. The quantitative estimate of drug-likeness (QED) is 0.889. The minimum Gasteiger partial charge on any atom is -0.383 e. The van der Waals surface area contributed by atoms with Crippen molar-refractivity contribution in [3.63, 3.8) is 0 Å². The molecule has 0 atom stereocenters. The second kappa shape index (κ2) is 5.89. The number of hydrogen-bond acceptors (Lipinski definition) is 3. The lowest BCUT2D eigenvalue weighted by atomic mass is 9.98. The average molecular weight is 251 g/mol. The second-order valence-corrected chi connectivity index (χ2v) is 6.33. The molecule has 1 aliphatic heterocycles. The fourth-order valence-electron chi connectivity index (χ4n) is 2.35. The van der Waals surface area contributed by atoms with E-state index >= 15 is 0 Å². The largest absolute Gasteiger partial charge is 0.383 e. The predicted molar refractivity (Wildman–Crippen MR) is 73.7 cm³/mol. The topological polar surface area (TPSA) is 21.3 Å². The summed E-state index contributed by atoms with van der Waals surface area (Å²) >= 11 is 1.99. The number of benzene rings is 1. The van der Waals surface area contributed by atoms with E-state index in [4.69, 9.17) is 4.74 Å². The van der Waals surface area contributed by atoms with Crippen molar-refractivity contribution in [2.75, 3.05) is 26.8 Å². The van der Waals surface area contributed by atoms with E-state index in [0.29, 0.717) is 0 Å². The molecule has 1 aliphatic rings. The van der Waals surface area contributed by atoms with Crippen molar-refractivity contribution in [3.05, 3.63) is 29.8 Å². The normalized spacial score (nSPS) is 19.2. The van der Waals surface area contributed by atoms with Gasteiger partial charge in [0, 0.05) is 16.8 Å². The SMILES string of the molecule is COCC1(Sc2cccc(C)c2)CCNCC1. The van der Waals surface area contributed by atoms with E-state index in [9.17, 15) is 0 Å². The minimum absolute atomic E-state index is 0.258. The maximum absolute atomic E-state index is 5.44. The first-order chi connectivity index (χ1) is 8.24. The van der Waals surface area contributed by atoms with Crippen LogP contribution in [-0.2, 0) is 4.74 Å². The molecule has 0 spiro atoms. The highest BCUT2D eigenvalue weighted by Gasteiger charge is 2.33. The van der Waals surface area contributed by atoms with Gasteiger partial charge in [-0.2, -0.15) is 0 Å². The van der Waals surface area contributed by atoms with Crippen LogP contribution in [0.25, 0.3) is 0 Å². The standard InChI is InChI=1S/C14H21NOS/c1-12-4-3-5-13(10-12)17-14(11-16-2)6-8-15-9-7-14/h3-5,10,15H,6-9,11H2,1-2H3. The Kier molecular flexibility index (Phi) is 4.48. The van der Waals surface area contributed by atoms with Gasteiger partial charge in [-0.15, -0.1) is 11.8 Å². The van der Waals surface area contributed by atoms with Gasteiger partial charge in [-0.05, 0) is 45.0 Å². The maximum Gasteiger partial charge on any atom is 0.0613 e. The Morgan fingerprint density at radius 3 is 2.76 bits per heavy atom. The van der Waals surface area contributed by atoms with Crippen LogP contribution in [0.4, 0.5) is 0 Å². The van der Waals surface area contributed by atoms with Crippen molar-refractivity contribution in [2.24, 2.45) is 0 Å². The predicted octanol–water partition coefficient (Wildman–Crippen LogP) is 2.86. The molecule has 1 fully saturated rings. The maximum atomic E-state index is 5.44. The average Bonchev–Trinajstić information content (AvgIpc) is 2.30. The van der Waals surface area contributed by atoms with Gasteiger partial charge in [0.05, 0.1) is 6.61 Å². The van der Waals surface area contributed by atoms with Gasteiger partial charge in [-0.1, -0.05) is 17.7 Å². The first-order valence-corrected chi connectivity index (χ1v) is 7.01. The third-order valence-electron chi connectivity index (χ3n) is 3.25. The highest BCUT2D eigenvalue weighted by molar-refractivity contribution is 8.00. The summed E-state index contributed by atoms with van der Waals surface area (Å²) in [5, 5.41) is 3.43. The van der Waals surface area contributed by atoms with Crippen LogP contribution in [0.5, 0.6) is 0 Å². The van der Waals surface area contributed by atoms with E-state index < -0.39 is 0 Å². The molecule has 0 radical (unpaired) electrons. The molecule has 0 aromatic heterocycles. The highest BCUT2D eigenvalue weighted by atomic mass is 32.2. The Balaban J connectivity index is 2.11. The summed E-state index contributed by atoms with van der Waals surface area (Å²) in [5.41, 5.74) is 1.33. The summed E-state index contributed by atoms with van der Waals surface area (Å²) < 4.78 is 5.70. The monoisotopic (exact) mass is 251 g/mol. The van der Waals surface area contributed by atoms with E-state index in [0.717, 1.165) is 19.7 Å². The number of thioether (sulfide) groups is 1. The molecule has 1 aromatic rings. The van der Waals surface area contributed by atoms with Crippen molar-refractivity contribution in [1.29, 1.82) is 0 Å². The molecule has 0 aliphatic carbocycles. The molecular weight excluding hydrogens is 230 g/mol. The summed E-state index contributed by atoms with van der Waals surface area (Å²) in [6.45, 7) is 5.19. The summed E-state index contributed by atoms with van der Waals surface area (Å²) in [7, 11) is 1.81. The zero-order chi connectivity index (χ0) is 12.1. The fraction of sp³-hybridized carbons (Fsp3) is 0.571. The summed E-state index contributed by atoms with van der Waals surface area (Å²) in [6, 6.07) is 8.76. The minimum atomic E-state index is 0.258. The van der Waals surface area contributed by atoms with E-state index in [1.165, 1.54) is 23.3 Å². The lowest BCUT2D eigenvalue weighted by Gasteiger charge is -2.36. The van der Waals surface area contributed by atoms with Crippen LogP contribution in [0, 0.1) is 6.92 Å². The van der Waals surface area contributed by atoms with E-state index in [2.05, 4.69) is 36.5 Å². The Bertz CT molecular complexity index is 355. The molecular formula is C14H21NOS. The van der Waals surface area contributed by atoms with Crippen molar-refractivity contribution >= 4 is 11.8 Å². The van der Waals surface area contributed by atoms with Crippen LogP contribution in [0.3, 0.4) is 0 Å². The molecule has 0 unspecified atom stereocenters. The molecule has 1 saturated heterocycles. The summed E-state index contributed by atoms with van der Waals surface area (Å²) in [5.74, 6) is 0. The van der Waals surface area contributed by atoms with Crippen molar-refractivity contribution < 1.29 is 4.74 Å². The number of piperidine rings is 1. The number of hydrogen-bond donors (Lipinski definition) is 1. The third-order valence-corrected chi connectivity index (χ3v) is 4.69. The fourth-order valence-corrected chi connectivity index (χ4v) is 3.83. The van der Waals surface area contributed by atoms with Gasteiger partial charge in [0.1, 0.15) is 0 Å². The van der Waals surface area contributed by atoms with Gasteiger partial charge < -0.3 is 10.1 Å². The number of rotatable bonds is 4. The first kappa shape index (κ1) is 12.9. The van der Waals surface area contributed by atoms with E-state index in [1.54, 1.807) is 7.11 Å². The van der Waals surface area contributed by atoms with E-state index in [-0.39, 0.29) is 4.75 Å². The lowest BCUT2D eigenvalue weighted by Crippen LogP contribution is -2.42. The molecule has 1 N–H and O–H groups in total. The van der Waals surface area contributed by atoms with Crippen LogP contribution in [0.1, 0.15) is 18.4 Å². The Morgan fingerprint density at radius 1 is 1.35 bits per heavy atom. The Morgan fingerprint density at radius 2 is 2.12 bits per heavy atom. The number of aryl methyl sites for hydroxylation is 1. The third kappa shape index (κ3) is 3.47. The van der Waals surface area contributed by atoms with Gasteiger partial charge in [-0.3, -0.25) is 0 Å². The Labute approximate surface area is 108 Å². The van der Waals surface area contributed by atoms with E-state index in [1.807, 2.05) is 11.8 Å². The molecule has 1 aromatic carbocycles. The van der Waals surface area contributed by atoms with Crippen molar-refractivity contribution in [1.82, 2.24) is 5.32 Å². The van der Waals surface area contributed by atoms with Crippen molar-refractivity contribution in [2.45, 2.75) is 29.4 Å². The van der Waals surface area contributed by atoms with Gasteiger partial charge in [-0.25, -0.2) is 0 Å². The molecule has 0 amide bonds. The van der Waals surface area contributed by atoms with Crippen LogP contribution in [0.2, 0.25) is 0 Å². The summed E-state index contributed by atoms with van der Waals surface area (Å²) in [4.78, 5) is 1.36. The molecule has 2 nitrogen and oxygen atoms in total. The van der Waals surface area contributed by atoms with Crippen LogP contribution in [0.15, 0.2) is 29.2 Å². The second-order valence-electron chi connectivity index (χ2n) is 4.78. The van der Waals surface area contributed by atoms with Crippen LogP contribution in [-0.4, -0.2) is 31.6 Å². The molecule has 2 rings (SSSR count). The number of ether oxygens (including phenoxy) is 1. The van der Waals surface area contributed by atoms with Gasteiger partial charge in [0.15, 0.2) is 0 Å². The van der Waals surface area contributed by atoms with Gasteiger partial charge >= 0.3 is 0 Å². The molecule has 3 heteroatoms. The first-order valence-electron chi connectivity index (χ1n) is 6.19. The molecule has 0 saturated carbocycles. The van der Waals surface area contributed by atoms with Gasteiger partial charge in [0.25, 0.3) is 0 Å². The van der Waals surface area contributed by atoms with Gasteiger partial charge in [0.2, 0.25) is 0 Å². The summed E-state index contributed by atoms with van der Waals surface area (Å²) in [6.07, 6.45) is 2.36. The molecule has 17 heavy (non-hydrogen) atoms. The zero-order valence-corrected chi connectivity index (χ0v) is 11.5. The Hall–Kier alpha value is -0.510. The van der Waals surface area contributed by atoms with Crippen LogP contribution >= 0.6 is 11.8 Å². The highest BCUT2D eigenvalue weighted by Crippen LogP contribution is 2.39. The van der Waals surface area contributed by atoms with Crippen LogP contribution < -0.4 is 5.32 Å². The smallest absolute Gasteiger partial charge is 0.0613 e. The number of nitrogens with one attached hydrogen (secondary N) is 1. The lowest BCUT2D eigenvalue weighted by molar-refractivity contribution is 0.152.